The van der Waals surface area contributed by atoms with Gasteiger partial charge in [0.2, 0.25) is 6.79 Å². The summed E-state index contributed by atoms with van der Waals surface area (Å²) >= 11 is 1.87. The van der Waals surface area contributed by atoms with Crippen LogP contribution in [0.5, 0.6) is 11.5 Å². The molecule has 2 atom stereocenters. The van der Waals surface area contributed by atoms with Crippen LogP contribution in [0, 0.1) is 13.8 Å². The van der Waals surface area contributed by atoms with Gasteiger partial charge >= 0.3 is 0 Å². The van der Waals surface area contributed by atoms with E-state index in [4.69, 9.17) is 9.47 Å². The Kier molecular flexibility index (Phi) is 4.24. The van der Waals surface area contributed by atoms with Crippen molar-refractivity contribution in [2.45, 2.75) is 38.8 Å². The molecule has 0 saturated carbocycles. The predicted octanol–water partition coefficient (Wildman–Crippen LogP) is 3.44. The zero-order valence-electron chi connectivity index (χ0n) is 14.1. The number of piperidine rings is 1. The van der Waals surface area contributed by atoms with Gasteiger partial charge in [-0.05, 0) is 56.1 Å². The second-order valence-corrected chi connectivity index (χ2v) is 8.10. The lowest BCUT2D eigenvalue weighted by Gasteiger charge is -2.36. The average Bonchev–Trinajstić information content (AvgIpc) is 3.13. The molecular weight excluding hydrogens is 322 g/mol. The Morgan fingerprint density at radius 2 is 2.04 bits per heavy atom. The number of nitrogens with zero attached hydrogens (tertiary/aromatic N) is 1. The van der Waals surface area contributed by atoms with Crippen molar-refractivity contribution in [3.63, 3.8) is 0 Å². The van der Waals surface area contributed by atoms with Gasteiger partial charge in [0.15, 0.2) is 11.5 Å². The number of likely N-dealkylation sites (tertiary alicyclic amines) is 1. The average molecular weight is 345 g/mol. The first-order valence-electron chi connectivity index (χ1n) is 8.46. The van der Waals surface area contributed by atoms with E-state index >= 15 is 0 Å². The highest BCUT2D eigenvalue weighted by Gasteiger charge is 2.30. The summed E-state index contributed by atoms with van der Waals surface area (Å²) in [4.78, 5) is 5.14. The molecule has 0 unspecified atom stereocenters. The van der Waals surface area contributed by atoms with E-state index in [1.807, 2.05) is 23.5 Å². The van der Waals surface area contributed by atoms with Gasteiger partial charge in [-0.25, -0.2) is 0 Å². The molecule has 2 aromatic rings. The molecule has 5 heteroatoms. The summed E-state index contributed by atoms with van der Waals surface area (Å²) in [5.74, 6) is 1.77. The summed E-state index contributed by atoms with van der Waals surface area (Å²) in [5.41, 5.74) is 2.51. The quantitative estimate of drug-likeness (QED) is 0.925. The Hall–Kier alpha value is -1.56. The lowest BCUT2D eigenvalue weighted by atomic mass is 9.87. The summed E-state index contributed by atoms with van der Waals surface area (Å²) in [7, 11) is 0. The number of ether oxygens (including phenoxy) is 2. The van der Waals surface area contributed by atoms with Gasteiger partial charge in [-0.2, -0.15) is 0 Å². The van der Waals surface area contributed by atoms with E-state index in [2.05, 4.69) is 30.9 Å². The minimum absolute atomic E-state index is 0.169. The van der Waals surface area contributed by atoms with Crippen molar-refractivity contribution in [3.8, 4) is 11.5 Å². The number of benzene rings is 1. The SMILES string of the molecule is Cc1cc(CN2CC[C@@H](c3ccc4c(c3)OCO4)[C@H](O)C2)sc1C. The lowest BCUT2D eigenvalue weighted by Crippen LogP contribution is -2.42. The van der Waals surface area contributed by atoms with Crippen molar-refractivity contribution in [1.82, 2.24) is 4.90 Å². The van der Waals surface area contributed by atoms with E-state index in [0.717, 1.165) is 43.1 Å². The summed E-state index contributed by atoms with van der Waals surface area (Å²) < 4.78 is 10.8. The number of aliphatic hydroxyl groups is 1. The highest BCUT2D eigenvalue weighted by atomic mass is 32.1. The number of β-amino-alcohol motifs (C(OH)–C–C–N with tert-alkyl or cyclic N) is 1. The number of hydrogen-bond donors (Lipinski definition) is 1. The topological polar surface area (TPSA) is 41.9 Å². The first-order chi connectivity index (χ1) is 11.6. The molecule has 1 saturated heterocycles. The molecule has 0 bridgehead atoms. The molecule has 3 heterocycles. The van der Waals surface area contributed by atoms with Crippen molar-refractivity contribution < 1.29 is 14.6 Å². The van der Waals surface area contributed by atoms with Crippen LogP contribution in [0.25, 0.3) is 0 Å². The molecule has 2 aliphatic heterocycles. The fraction of sp³-hybridized carbons (Fsp3) is 0.474. The maximum absolute atomic E-state index is 10.7. The standard InChI is InChI=1S/C19H23NO3S/c1-12-7-15(24-13(12)2)9-20-6-5-16(17(21)10-20)14-3-4-18-19(8-14)23-11-22-18/h3-4,7-8,16-17,21H,5-6,9-11H2,1-2H3/t16-,17+/m0/s1. The molecule has 0 radical (unpaired) electrons. The lowest BCUT2D eigenvalue weighted by molar-refractivity contribution is 0.0481. The molecule has 2 aliphatic rings. The van der Waals surface area contributed by atoms with Gasteiger partial charge in [0.1, 0.15) is 0 Å². The zero-order valence-corrected chi connectivity index (χ0v) is 14.9. The van der Waals surface area contributed by atoms with E-state index in [1.165, 1.54) is 15.3 Å². The largest absolute Gasteiger partial charge is 0.454 e. The fourth-order valence-electron chi connectivity index (χ4n) is 3.62. The van der Waals surface area contributed by atoms with Crippen LogP contribution >= 0.6 is 11.3 Å². The maximum Gasteiger partial charge on any atom is 0.231 e. The van der Waals surface area contributed by atoms with Crippen LogP contribution in [0.3, 0.4) is 0 Å². The van der Waals surface area contributed by atoms with Crippen molar-refractivity contribution in [3.05, 3.63) is 45.1 Å². The highest BCUT2D eigenvalue weighted by molar-refractivity contribution is 7.12. The summed E-state index contributed by atoms with van der Waals surface area (Å²) in [6.45, 7) is 7.28. The molecule has 1 fully saturated rings. The summed E-state index contributed by atoms with van der Waals surface area (Å²) in [6.07, 6.45) is 0.616. The van der Waals surface area contributed by atoms with Crippen LogP contribution in [0.15, 0.2) is 24.3 Å². The van der Waals surface area contributed by atoms with Gasteiger partial charge in [0.05, 0.1) is 6.10 Å². The van der Waals surface area contributed by atoms with Crippen LogP contribution in [0.2, 0.25) is 0 Å². The van der Waals surface area contributed by atoms with Gasteiger partial charge < -0.3 is 14.6 Å². The molecule has 128 valence electrons. The van der Waals surface area contributed by atoms with Gasteiger partial charge in [0.25, 0.3) is 0 Å². The molecule has 4 rings (SSSR count). The van der Waals surface area contributed by atoms with Crippen LogP contribution < -0.4 is 9.47 Å². The Morgan fingerprint density at radius 3 is 2.79 bits per heavy atom. The number of thiophene rings is 1. The first-order valence-corrected chi connectivity index (χ1v) is 9.27. The van der Waals surface area contributed by atoms with Crippen LogP contribution in [-0.2, 0) is 6.54 Å². The maximum atomic E-state index is 10.7. The fourth-order valence-corrected chi connectivity index (χ4v) is 4.72. The molecule has 4 nitrogen and oxygen atoms in total. The van der Waals surface area contributed by atoms with E-state index < -0.39 is 0 Å². The third-order valence-electron chi connectivity index (χ3n) is 5.09. The normalized spacial score (nSPS) is 23.6. The van der Waals surface area contributed by atoms with Gasteiger partial charge in [-0.3, -0.25) is 4.90 Å². The zero-order chi connectivity index (χ0) is 16.7. The van der Waals surface area contributed by atoms with Crippen molar-refractivity contribution >= 4 is 11.3 Å². The third-order valence-corrected chi connectivity index (χ3v) is 6.22. The molecule has 1 aromatic carbocycles. The highest BCUT2D eigenvalue weighted by Crippen LogP contribution is 2.37. The van der Waals surface area contributed by atoms with Gasteiger partial charge in [-0.15, -0.1) is 11.3 Å². The van der Waals surface area contributed by atoms with E-state index in [9.17, 15) is 5.11 Å². The number of aliphatic hydroxyl groups excluding tert-OH is 1. The Bertz CT molecular complexity index is 723. The van der Waals surface area contributed by atoms with E-state index in [-0.39, 0.29) is 12.0 Å². The summed E-state index contributed by atoms with van der Waals surface area (Å²) in [6, 6.07) is 8.31. The predicted molar refractivity (Wildman–Crippen MR) is 95.0 cm³/mol. The van der Waals surface area contributed by atoms with E-state index in [1.54, 1.807) is 0 Å². The number of rotatable bonds is 3. The van der Waals surface area contributed by atoms with E-state index in [0.29, 0.717) is 6.79 Å². The number of fused-ring (bicyclic) bond motifs is 1. The molecule has 1 N–H and O–H groups in total. The van der Waals surface area contributed by atoms with Gasteiger partial charge in [-0.1, -0.05) is 6.07 Å². The molecule has 0 amide bonds. The molecule has 1 aromatic heterocycles. The van der Waals surface area contributed by atoms with Crippen LogP contribution in [0.1, 0.15) is 33.2 Å². The molecule has 0 aliphatic carbocycles. The molecule has 24 heavy (non-hydrogen) atoms. The second-order valence-electron chi connectivity index (χ2n) is 6.76. The Labute approximate surface area is 146 Å². The number of hydrogen-bond acceptors (Lipinski definition) is 5. The summed E-state index contributed by atoms with van der Waals surface area (Å²) in [5, 5.41) is 10.7. The molecular formula is C19H23NO3S. The van der Waals surface area contributed by atoms with Crippen LogP contribution in [0.4, 0.5) is 0 Å². The minimum Gasteiger partial charge on any atom is -0.454 e. The minimum atomic E-state index is -0.346. The smallest absolute Gasteiger partial charge is 0.231 e. The van der Waals surface area contributed by atoms with Crippen molar-refractivity contribution in [2.75, 3.05) is 19.9 Å². The molecule has 0 spiro atoms. The van der Waals surface area contributed by atoms with Crippen molar-refractivity contribution in [2.24, 2.45) is 0 Å². The van der Waals surface area contributed by atoms with Gasteiger partial charge in [0, 0.05) is 28.8 Å². The Morgan fingerprint density at radius 1 is 1.21 bits per heavy atom. The Balaban J connectivity index is 1.42. The number of aryl methyl sites for hydroxylation is 2. The van der Waals surface area contributed by atoms with Crippen molar-refractivity contribution in [1.29, 1.82) is 0 Å². The third kappa shape index (κ3) is 3.04. The second kappa shape index (κ2) is 6.39. The monoisotopic (exact) mass is 345 g/mol. The van der Waals surface area contributed by atoms with Crippen LogP contribution in [-0.4, -0.2) is 36.0 Å². The first kappa shape index (κ1) is 15.9.